The highest BCUT2D eigenvalue weighted by atomic mass is 35.5. The van der Waals surface area contributed by atoms with Gasteiger partial charge in [0.1, 0.15) is 5.01 Å². The average molecular weight is 328 g/mol. The summed E-state index contributed by atoms with van der Waals surface area (Å²) in [5, 5.41) is 5.80. The van der Waals surface area contributed by atoms with E-state index in [1.165, 1.54) is 0 Å². The molecule has 1 heterocycles. The van der Waals surface area contributed by atoms with Crippen molar-refractivity contribution < 1.29 is 4.79 Å². The monoisotopic (exact) mass is 327 g/mol. The van der Waals surface area contributed by atoms with E-state index in [1.807, 2.05) is 33.1 Å². The van der Waals surface area contributed by atoms with E-state index in [0.29, 0.717) is 0 Å². The highest BCUT2D eigenvalue weighted by Gasteiger charge is 2.29. The van der Waals surface area contributed by atoms with Crippen molar-refractivity contribution in [3.8, 4) is 0 Å². The van der Waals surface area contributed by atoms with Crippen LogP contribution in [0.25, 0.3) is 0 Å². The first-order chi connectivity index (χ1) is 7.86. The Kier molecular flexibility index (Phi) is 9.64. The van der Waals surface area contributed by atoms with E-state index in [4.69, 9.17) is 5.73 Å². The summed E-state index contributed by atoms with van der Waals surface area (Å²) in [4.78, 5) is 16.2. The second kappa shape index (κ2) is 8.74. The lowest BCUT2D eigenvalue weighted by molar-refractivity contribution is -0.125. The third kappa shape index (κ3) is 6.08. The molecule has 112 valence electrons. The van der Waals surface area contributed by atoms with Gasteiger partial charge in [-0.1, -0.05) is 27.7 Å². The summed E-state index contributed by atoms with van der Waals surface area (Å²) in [6, 6.07) is -0.535. The maximum Gasteiger partial charge on any atom is 0.238 e. The van der Waals surface area contributed by atoms with Gasteiger partial charge >= 0.3 is 0 Å². The minimum Gasteiger partial charge on any atom is -0.346 e. The van der Waals surface area contributed by atoms with Crippen molar-refractivity contribution in [1.82, 2.24) is 10.3 Å². The van der Waals surface area contributed by atoms with Crippen molar-refractivity contribution in [2.75, 3.05) is 0 Å². The summed E-state index contributed by atoms with van der Waals surface area (Å²) in [6.07, 6.45) is 2.56. The topological polar surface area (TPSA) is 68.0 Å². The number of amides is 1. The number of hydrogen-bond acceptors (Lipinski definition) is 4. The summed E-state index contributed by atoms with van der Waals surface area (Å²) in [6.45, 7) is 7.90. The standard InChI is InChI=1S/C12H21N3OS.2ClH/c1-5-8(11-14-6-7-17-11)15-10(16)9(13)12(2,3)4;;/h6-9H,5,13H2,1-4H3,(H,15,16);2*1H/t8?,9-;;/m1../s1. The third-order valence-corrected chi connectivity index (χ3v) is 3.58. The van der Waals surface area contributed by atoms with Crippen molar-refractivity contribution >= 4 is 42.1 Å². The van der Waals surface area contributed by atoms with Crippen LogP contribution in [0.1, 0.15) is 45.2 Å². The van der Waals surface area contributed by atoms with Crippen LogP contribution in [-0.4, -0.2) is 16.9 Å². The first-order valence-corrected chi connectivity index (χ1v) is 6.69. The number of aromatic nitrogens is 1. The van der Waals surface area contributed by atoms with Crippen LogP contribution >= 0.6 is 36.2 Å². The van der Waals surface area contributed by atoms with Crippen LogP contribution in [0.15, 0.2) is 11.6 Å². The van der Waals surface area contributed by atoms with Crippen LogP contribution < -0.4 is 11.1 Å². The zero-order valence-corrected chi connectivity index (χ0v) is 14.1. The van der Waals surface area contributed by atoms with E-state index in [0.717, 1.165) is 11.4 Å². The quantitative estimate of drug-likeness (QED) is 0.893. The van der Waals surface area contributed by atoms with Crippen molar-refractivity contribution in [3.63, 3.8) is 0 Å². The smallest absolute Gasteiger partial charge is 0.238 e. The molecule has 0 aliphatic carbocycles. The molecular weight excluding hydrogens is 305 g/mol. The van der Waals surface area contributed by atoms with Gasteiger partial charge in [-0.05, 0) is 11.8 Å². The Balaban J connectivity index is 0. The normalized spacial score (nSPS) is 13.7. The lowest BCUT2D eigenvalue weighted by atomic mass is 9.87. The molecule has 0 aliphatic heterocycles. The number of rotatable bonds is 4. The third-order valence-electron chi connectivity index (χ3n) is 2.69. The van der Waals surface area contributed by atoms with Crippen LogP contribution in [0.2, 0.25) is 0 Å². The van der Waals surface area contributed by atoms with Crippen LogP contribution in [0, 0.1) is 5.41 Å². The number of carbonyl (C=O) groups is 1. The van der Waals surface area contributed by atoms with Gasteiger partial charge in [-0.3, -0.25) is 4.79 Å². The Morgan fingerprint density at radius 2 is 2.05 bits per heavy atom. The van der Waals surface area contributed by atoms with Crippen LogP contribution in [0.5, 0.6) is 0 Å². The Labute approximate surface area is 131 Å². The van der Waals surface area contributed by atoms with Gasteiger partial charge in [0.25, 0.3) is 0 Å². The fraction of sp³-hybridized carbons (Fsp3) is 0.667. The Morgan fingerprint density at radius 1 is 1.47 bits per heavy atom. The number of nitrogens with two attached hydrogens (primary N) is 1. The van der Waals surface area contributed by atoms with Gasteiger partial charge < -0.3 is 11.1 Å². The van der Waals surface area contributed by atoms with Gasteiger partial charge in [0.15, 0.2) is 0 Å². The number of halogens is 2. The molecule has 0 spiro atoms. The van der Waals surface area contributed by atoms with E-state index < -0.39 is 6.04 Å². The molecule has 0 fully saturated rings. The maximum atomic E-state index is 12.0. The lowest BCUT2D eigenvalue weighted by Crippen LogP contribution is -2.49. The van der Waals surface area contributed by atoms with Gasteiger partial charge in [-0.15, -0.1) is 36.2 Å². The molecule has 1 aromatic heterocycles. The number of nitrogens with zero attached hydrogens (tertiary/aromatic N) is 1. The molecule has 19 heavy (non-hydrogen) atoms. The van der Waals surface area contributed by atoms with Gasteiger partial charge in [-0.25, -0.2) is 4.98 Å². The van der Waals surface area contributed by atoms with Crippen LogP contribution in [0.3, 0.4) is 0 Å². The highest BCUT2D eigenvalue weighted by Crippen LogP contribution is 2.21. The fourth-order valence-corrected chi connectivity index (χ4v) is 2.17. The summed E-state index contributed by atoms with van der Waals surface area (Å²) in [5.74, 6) is -0.112. The van der Waals surface area contributed by atoms with Crippen molar-refractivity contribution in [3.05, 3.63) is 16.6 Å². The molecule has 0 saturated heterocycles. The molecule has 0 aliphatic rings. The second-order valence-corrected chi connectivity index (χ2v) is 6.11. The minimum atomic E-state index is -0.503. The van der Waals surface area contributed by atoms with E-state index in [9.17, 15) is 4.79 Å². The van der Waals surface area contributed by atoms with Crippen LogP contribution in [0.4, 0.5) is 0 Å². The summed E-state index contributed by atoms with van der Waals surface area (Å²) in [5.41, 5.74) is 5.69. The molecule has 0 aromatic carbocycles. The van der Waals surface area contributed by atoms with Gasteiger partial charge in [0.2, 0.25) is 5.91 Å². The number of nitrogens with one attached hydrogen (secondary N) is 1. The Hall–Kier alpha value is -0.360. The molecule has 0 saturated carbocycles. The predicted molar refractivity (Wildman–Crippen MR) is 85.2 cm³/mol. The minimum absolute atomic E-state index is 0. The zero-order chi connectivity index (χ0) is 13.1. The van der Waals surface area contributed by atoms with E-state index in [2.05, 4.69) is 10.3 Å². The molecular formula is C12H23Cl2N3OS. The molecule has 3 N–H and O–H groups in total. The number of hydrogen-bond donors (Lipinski definition) is 2. The highest BCUT2D eigenvalue weighted by molar-refractivity contribution is 7.09. The molecule has 2 atom stereocenters. The Bertz CT molecular complexity index is 366. The summed E-state index contributed by atoms with van der Waals surface area (Å²) < 4.78 is 0. The van der Waals surface area contributed by atoms with Crippen molar-refractivity contribution in [2.45, 2.75) is 46.2 Å². The second-order valence-electron chi connectivity index (χ2n) is 5.18. The van der Waals surface area contributed by atoms with E-state index in [-0.39, 0.29) is 42.2 Å². The summed E-state index contributed by atoms with van der Waals surface area (Å²) >= 11 is 1.55. The molecule has 1 aromatic rings. The average Bonchev–Trinajstić information content (AvgIpc) is 2.76. The van der Waals surface area contributed by atoms with Gasteiger partial charge in [0.05, 0.1) is 12.1 Å². The summed E-state index contributed by atoms with van der Waals surface area (Å²) in [7, 11) is 0. The molecule has 1 rings (SSSR count). The lowest BCUT2D eigenvalue weighted by Gasteiger charge is -2.27. The first-order valence-electron chi connectivity index (χ1n) is 5.81. The fourth-order valence-electron chi connectivity index (χ4n) is 1.40. The molecule has 7 heteroatoms. The molecule has 1 unspecified atom stereocenters. The van der Waals surface area contributed by atoms with Crippen molar-refractivity contribution in [2.24, 2.45) is 11.1 Å². The van der Waals surface area contributed by atoms with Gasteiger partial charge in [0, 0.05) is 11.6 Å². The maximum absolute atomic E-state index is 12.0. The number of carbonyl (C=O) groups excluding carboxylic acids is 1. The largest absolute Gasteiger partial charge is 0.346 e. The van der Waals surface area contributed by atoms with Gasteiger partial charge in [-0.2, -0.15) is 0 Å². The predicted octanol–water partition coefficient (Wildman–Crippen LogP) is 2.93. The molecule has 4 nitrogen and oxygen atoms in total. The molecule has 0 bridgehead atoms. The number of thiazole rings is 1. The Morgan fingerprint density at radius 3 is 2.42 bits per heavy atom. The van der Waals surface area contributed by atoms with Crippen molar-refractivity contribution in [1.29, 1.82) is 0 Å². The zero-order valence-electron chi connectivity index (χ0n) is 11.7. The van der Waals surface area contributed by atoms with Crippen LogP contribution in [-0.2, 0) is 4.79 Å². The first kappa shape index (κ1) is 20.9. The molecule has 1 amide bonds. The van der Waals surface area contributed by atoms with E-state index >= 15 is 0 Å². The SMILES string of the molecule is CCC(NC(=O)[C@@H](N)C(C)(C)C)c1nccs1.Cl.Cl. The molecule has 0 radical (unpaired) electrons. The van der Waals surface area contributed by atoms with E-state index in [1.54, 1.807) is 17.5 Å².